The van der Waals surface area contributed by atoms with Crippen molar-refractivity contribution in [2.24, 2.45) is 5.92 Å². The third-order valence-corrected chi connectivity index (χ3v) is 3.63. The standard InChI is InChI=1S/C19H30N2O2/c1-5-6-12-21(4)19(22)10-8-16-7-9-18(17(20)14-16)23-13-11-15(2)3/h7-10,14-15H,5-6,11-13,20H2,1-4H3/b10-8-. The van der Waals surface area contributed by atoms with Crippen molar-refractivity contribution in [2.45, 2.75) is 40.0 Å². The summed E-state index contributed by atoms with van der Waals surface area (Å²) < 4.78 is 5.69. The normalized spacial score (nSPS) is 11.2. The van der Waals surface area contributed by atoms with Crippen molar-refractivity contribution in [3.8, 4) is 5.75 Å². The summed E-state index contributed by atoms with van der Waals surface area (Å²) in [6.45, 7) is 7.88. The van der Waals surface area contributed by atoms with Gasteiger partial charge in [0.15, 0.2) is 0 Å². The molecule has 0 aliphatic rings. The van der Waals surface area contributed by atoms with E-state index in [1.54, 1.807) is 17.1 Å². The van der Waals surface area contributed by atoms with Crippen molar-refractivity contribution >= 4 is 17.7 Å². The highest BCUT2D eigenvalue weighted by molar-refractivity contribution is 5.91. The Kier molecular flexibility index (Phi) is 8.23. The molecule has 0 heterocycles. The third kappa shape index (κ3) is 7.22. The maximum atomic E-state index is 12.0. The molecule has 1 aromatic carbocycles. The zero-order chi connectivity index (χ0) is 17.2. The molecule has 0 bridgehead atoms. The molecule has 0 atom stereocenters. The lowest BCUT2D eigenvalue weighted by molar-refractivity contribution is -0.124. The SMILES string of the molecule is CCCCN(C)C(=O)/C=C\c1ccc(OCCC(C)C)c(N)c1. The van der Waals surface area contributed by atoms with Crippen molar-refractivity contribution < 1.29 is 9.53 Å². The summed E-state index contributed by atoms with van der Waals surface area (Å²) in [4.78, 5) is 13.7. The average Bonchev–Trinajstić information content (AvgIpc) is 2.51. The van der Waals surface area contributed by atoms with E-state index in [1.165, 1.54) is 0 Å². The topological polar surface area (TPSA) is 55.6 Å². The fraction of sp³-hybridized carbons (Fsp3) is 0.526. The molecule has 0 spiro atoms. The molecule has 4 heteroatoms. The van der Waals surface area contributed by atoms with Gasteiger partial charge in [0, 0.05) is 19.7 Å². The van der Waals surface area contributed by atoms with Gasteiger partial charge in [-0.25, -0.2) is 0 Å². The quantitative estimate of drug-likeness (QED) is 0.554. The predicted molar refractivity (Wildman–Crippen MR) is 97.4 cm³/mol. The number of nitrogens with two attached hydrogens (primary N) is 1. The number of benzene rings is 1. The molecule has 0 aliphatic heterocycles. The highest BCUT2D eigenvalue weighted by atomic mass is 16.5. The maximum Gasteiger partial charge on any atom is 0.246 e. The monoisotopic (exact) mass is 318 g/mol. The molecule has 1 aromatic rings. The van der Waals surface area contributed by atoms with Gasteiger partial charge in [0.2, 0.25) is 5.91 Å². The number of hydrogen-bond donors (Lipinski definition) is 1. The second kappa shape index (κ2) is 9.93. The Morgan fingerprint density at radius 1 is 1.39 bits per heavy atom. The van der Waals surface area contributed by atoms with Gasteiger partial charge in [0.1, 0.15) is 5.75 Å². The van der Waals surface area contributed by atoms with Crippen LogP contribution in [0, 0.1) is 5.92 Å². The molecule has 0 aromatic heterocycles. The summed E-state index contributed by atoms with van der Waals surface area (Å²) in [5, 5.41) is 0. The average molecular weight is 318 g/mol. The van der Waals surface area contributed by atoms with Gasteiger partial charge in [0.05, 0.1) is 12.3 Å². The van der Waals surface area contributed by atoms with Crippen LogP contribution in [0.1, 0.15) is 45.6 Å². The van der Waals surface area contributed by atoms with Gasteiger partial charge in [0.25, 0.3) is 0 Å². The number of hydrogen-bond acceptors (Lipinski definition) is 3. The lowest BCUT2D eigenvalue weighted by Crippen LogP contribution is -2.25. The van der Waals surface area contributed by atoms with Gasteiger partial charge < -0.3 is 15.4 Å². The van der Waals surface area contributed by atoms with E-state index < -0.39 is 0 Å². The molecule has 2 N–H and O–H groups in total. The van der Waals surface area contributed by atoms with E-state index in [2.05, 4.69) is 20.8 Å². The van der Waals surface area contributed by atoms with Crippen molar-refractivity contribution in [3.05, 3.63) is 29.8 Å². The minimum atomic E-state index is 0.00859. The summed E-state index contributed by atoms with van der Waals surface area (Å²) >= 11 is 0. The van der Waals surface area contributed by atoms with Gasteiger partial charge in [-0.2, -0.15) is 0 Å². The van der Waals surface area contributed by atoms with E-state index in [1.807, 2.05) is 25.2 Å². The van der Waals surface area contributed by atoms with Gasteiger partial charge in [-0.15, -0.1) is 0 Å². The van der Waals surface area contributed by atoms with Crippen LogP contribution in [0.3, 0.4) is 0 Å². The highest BCUT2D eigenvalue weighted by Crippen LogP contribution is 2.23. The first-order chi connectivity index (χ1) is 10.9. The van der Waals surface area contributed by atoms with E-state index in [9.17, 15) is 4.79 Å². The van der Waals surface area contributed by atoms with Crippen molar-refractivity contribution in [1.82, 2.24) is 4.90 Å². The number of anilines is 1. The zero-order valence-corrected chi connectivity index (χ0v) is 14.8. The van der Waals surface area contributed by atoms with Crippen LogP contribution < -0.4 is 10.5 Å². The van der Waals surface area contributed by atoms with Crippen LogP contribution in [0.4, 0.5) is 5.69 Å². The lowest BCUT2D eigenvalue weighted by atomic mass is 10.1. The fourth-order valence-corrected chi connectivity index (χ4v) is 2.01. The van der Waals surface area contributed by atoms with E-state index >= 15 is 0 Å². The summed E-state index contributed by atoms with van der Waals surface area (Å²) in [7, 11) is 1.82. The van der Waals surface area contributed by atoms with Crippen LogP contribution in [-0.2, 0) is 4.79 Å². The van der Waals surface area contributed by atoms with Gasteiger partial charge in [-0.05, 0) is 42.5 Å². The molecule has 0 saturated carbocycles. The summed E-state index contributed by atoms with van der Waals surface area (Å²) in [6.07, 6.45) is 6.48. The molecular formula is C19H30N2O2. The summed E-state index contributed by atoms with van der Waals surface area (Å²) in [5.41, 5.74) is 7.51. The third-order valence-electron chi connectivity index (χ3n) is 3.63. The van der Waals surface area contributed by atoms with Crippen molar-refractivity contribution in [3.63, 3.8) is 0 Å². The number of carbonyl (C=O) groups is 1. The van der Waals surface area contributed by atoms with Gasteiger partial charge >= 0.3 is 0 Å². The minimum Gasteiger partial charge on any atom is -0.491 e. The van der Waals surface area contributed by atoms with Crippen molar-refractivity contribution in [2.75, 3.05) is 25.9 Å². The number of nitrogen functional groups attached to an aromatic ring is 1. The van der Waals surface area contributed by atoms with Crippen LogP contribution in [-0.4, -0.2) is 31.0 Å². The number of nitrogens with zero attached hydrogens (tertiary/aromatic N) is 1. The van der Waals surface area contributed by atoms with Crippen LogP contribution >= 0.6 is 0 Å². The number of likely N-dealkylation sites (N-methyl/N-ethyl adjacent to an activating group) is 1. The fourth-order valence-electron chi connectivity index (χ4n) is 2.01. The molecule has 1 rings (SSSR count). The molecule has 1 amide bonds. The van der Waals surface area contributed by atoms with Gasteiger partial charge in [-0.3, -0.25) is 4.79 Å². The van der Waals surface area contributed by atoms with Crippen LogP contribution in [0.2, 0.25) is 0 Å². The van der Waals surface area contributed by atoms with Crippen LogP contribution in [0.15, 0.2) is 24.3 Å². The first kappa shape index (κ1) is 19.1. The Morgan fingerprint density at radius 3 is 2.74 bits per heavy atom. The number of amides is 1. The molecule has 4 nitrogen and oxygen atoms in total. The Morgan fingerprint density at radius 2 is 2.13 bits per heavy atom. The van der Waals surface area contributed by atoms with E-state index in [0.717, 1.165) is 31.4 Å². The Bertz CT molecular complexity index is 524. The van der Waals surface area contributed by atoms with Gasteiger partial charge in [-0.1, -0.05) is 33.3 Å². The van der Waals surface area contributed by atoms with E-state index in [0.29, 0.717) is 24.0 Å². The first-order valence-electron chi connectivity index (χ1n) is 8.39. The molecule has 0 aliphatic carbocycles. The summed E-state index contributed by atoms with van der Waals surface area (Å²) in [5.74, 6) is 1.32. The first-order valence-corrected chi connectivity index (χ1v) is 8.39. The Balaban J connectivity index is 2.59. The molecule has 128 valence electrons. The largest absolute Gasteiger partial charge is 0.491 e. The van der Waals surface area contributed by atoms with E-state index in [-0.39, 0.29) is 5.91 Å². The maximum absolute atomic E-state index is 12.0. The Hall–Kier alpha value is -1.97. The zero-order valence-electron chi connectivity index (χ0n) is 14.8. The molecule has 0 radical (unpaired) electrons. The number of carbonyl (C=O) groups excluding carboxylic acids is 1. The predicted octanol–water partition coefficient (Wildman–Crippen LogP) is 3.97. The number of unbranched alkanes of at least 4 members (excludes halogenated alkanes) is 1. The molecular weight excluding hydrogens is 288 g/mol. The molecule has 23 heavy (non-hydrogen) atoms. The molecule has 0 unspecified atom stereocenters. The summed E-state index contributed by atoms with van der Waals surface area (Å²) in [6, 6.07) is 5.61. The number of rotatable bonds is 9. The molecule has 0 saturated heterocycles. The second-order valence-electron chi connectivity index (χ2n) is 6.27. The number of ether oxygens (including phenoxy) is 1. The minimum absolute atomic E-state index is 0.00859. The highest BCUT2D eigenvalue weighted by Gasteiger charge is 2.05. The second-order valence-corrected chi connectivity index (χ2v) is 6.27. The molecule has 0 fully saturated rings. The smallest absolute Gasteiger partial charge is 0.246 e. The van der Waals surface area contributed by atoms with Crippen LogP contribution in [0.5, 0.6) is 5.75 Å². The van der Waals surface area contributed by atoms with Crippen LogP contribution in [0.25, 0.3) is 6.08 Å². The Labute approximate surface area is 140 Å². The van der Waals surface area contributed by atoms with Crippen molar-refractivity contribution in [1.29, 1.82) is 0 Å². The van der Waals surface area contributed by atoms with E-state index in [4.69, 9.17) is 10.5 Å². The lowest BCUT2D eigenvalue weighted by Gasteiger charge is -2.14.